The first kappa shape index (κ1) is 14.7. The minimum Gasteiger partial charge on any atom is -0.493 e. The van der Waals surface area contributed by atoms with Gasteiger partial charge in [0, 0.05) is 13.0 Å². The molecule has 4 nitrogen and oxygen atoms in total. The van der Waals surface area contributed by atoms with Gasteiger partial charge in [0.05, 0.1) is 14.2 Å². The van der Waals surface area contributed by atoms with Crippen molar-refractivity contribution in [2.45, 2.75) is 32.1 Å². The molecule has 0 aromatic heterocycles. The number of carbonyl (C=O) groups is 1. The lowest BCUT2D eigenvalue weighted by Gasteiger charge is -2.25. The Morgan fingerprint density at radius 3 is 2.60 bits per heavy atom. The fourth-order valence-electron chi connectivity index (χ4n) is 2.34. The molecule has 1 N–H and O–H groups in total. The van der Waals surface area contributed by atoms with E-state index in [9.17, 15) is 4.79 Å². The summed E-state index contributed by atoms with van der Waals surface area (Å²) < 4.78 is 10.5. The van der Waals surface area contributed by atoms with E-state index in [0.717, 1.165) is 18.5 Å². The summed E-state index contributed by atoms with van der Waals surface area (Å²) in [6.45, 7) is 0.838. The Kier molecular flexibility index (Phi) is 5.27. The van der Waals surface area contributed by atoms with Crippen LogP contribution < -0.4 is 14.8 Å². The molecule has 1 saturated carbocycles. The zero-order valence-corrected chi connectivity index (χ0v) is 12.3. The molecule has 0 atom stereocenters. The predicted octanol–water partition coefficient (Wildman–Crippen LogP) is 2.55. The minimum absolute atomic E-state index is 0.131. The Hall–Kier alpha value is -1.71. The Bertz CT molecular complexity index is 455. The van der Waals surface area contributed by atoms with E-state index in [4.69, 9.17) is 9.47 Å². The molecule has 110 valence electrons. The quantitative estimate of drug-likeness (QED) is 0.833. The summed E-state index contributed by atoms with van der Waals surface area (Å²) in [6, 6.07) is 5.78. The first-order valence-corrected chi connectivity index (χ1v) is 7.20. The van der Waals surface area contributed by atoms with E-state index in [1.165, 1.54) is 19.3 Å². The number of aryl methyl sites for hydroxylation is 1. The Labute approximate surface area is 120 Å². The average molecular weight is 277 g/mol. The van der Waals surface area contributed by atoms with Crippen LogP contribution in [0, 0.1) is 5.92 Å². The highest BCUT2D eigenvalue weighted by Crippen LogP contribution is 2.28. The van der Waals surface area contributed by atoms with E-state index in [1.807, 2.05) is 18.2 Å². The van der Waals surface area contributed by atoms with Gasteiger partial charge in [-0.15, -0.1) is 0 Å². The molecule has 1 aromatic carbocycles. The van der Waals surface area contributed by atoms with Gasteiger partial charge in [-0.1, -0.05) is 12.5 Å². The third-order valence-corrected chi connectivity index (χ3v) is 3.90. The van der Waals surface area contributed by atoms with Gasteiger partial charge >= 0.3 is 0 Å². The van der Waals surface area contributed by atoms with Crippen LogP contribution in [0.4, 0.5) is 0 Å². The van der Waals surface area contributed by atoms with Gasteiger partial charge < -0.3 is 14.8 Å². The molecule has 0 radical (unpaired) electrons. The first-order valence-electron chi connectivity index (χ1n) is 7.20. The van der Waals surface area contributed by atoms with Crippen molar-refractivity contribution in [1.82, 2.24) is 5.32 Å². The van der Waals surface area contributed by atoms with E-state index in [2.05, 4.69) is 5.32 Å². The number of rotatable bonds is 7. The summed E-state index contributed by atoms with van der Waals surface area (Å²) in [6.07, 6.45) is 5.07. The highest BCUT2D eigenvalue weighted by Gasteiger charge is 2.17. The summed E-state index contributed by atoms with van der Waals surface area (Å²) in [5, 5.41) is 3.01. The molecular weight excluding hydrogens is 254 g/mol. The molecule has 1 aromatic rings. The summed E-state index contributed by atoms with van der Waals surface area (Å²) in [5.41, 5.74) is 1.08. The van der Waals surface area contributed by atoms with Crippen molar-refractivity contribution in [1.29, 1.82) is 0 Å². The lowest BCUT2D eigenvalue weighted by Crippen LogP contribution is -2.32. The molecule has 1 amide bonds. The Balaban J connectivity index is 1.78. The van der Waals surface area contributed by atoms with Gasteiger partial charge in [-0.25, -0.2) is 0 Å². The van der Waals surface area contributed by atoms with Crippen molar-refractivity contribution in [3.63, 3.8) is 0 Å². The standard InChI is InChI=1S/C16H23NO3/c1-19-14-8-6-12(10-15(14)20-2)7-9-16(18)17-11-13-4-3-5-13/h6,8,10,13H,3-5,7,9,11H2,1-2H3,(H,17,18). The highest BCUT2D eigenvalue weighted by molar-refractivity contribution is 5.76. The molecule has 1 fully saturated rings. The van der Waals surface area contributed by atoms with E-state index >= 15 is 0 Å². The monoisotopic (exact) mass is 277 g/mol. The predicted molar refractivity (Wildman–Crippen MR) is 78.2 cm³/mol. The van der Waals surface area contributed by atoms with Gasteiger partial charge in [0.2, 0.25) is 5.91 Å². The molecule has 0 bridgehead atoms. The van der Waals surface area contributed by atoms with Crippen LogP contribution in [0.25, 0.3) is 0 Å². The van der Waals surface area contributed by atoms with Crippen molar-refractivity contribution in [3.8, 4) is 11.5 Å². The summed E-state index contributed by atoms with van der Waals surface area (Å²) >= 11 is 0. The third kappa shape index (κ3) is 3.89. The average Bonchev–Trinajstić information content (AvgIpc) is 2.43. The number of carbonyl (C=O) groups excluding carboxylic acids is 1. The van der Waals surface area contributed by atoms with Crippen LogP contribution in [0.1, 0.15) is 31.2 Å². The van der Waals surface area contributed by atoms with Gasteiger partial charge in [0.25, 0.3) is 0 Å². The second-order valence-corrected chi connectivity index (χ2v) is 5.29. The molecular formula is C16H23NO3. The smallest absolute Gasteiger partial charge is 0.220 e. The molecule has 20 heavy (non-hydrogen) atoms. The SMILES string of the molecule is COc1ccc(CCC(=O)NCC2CCC2)cc1OC. The highest BCUT2D eigenvalue weighted by atomic mass is 16.5. The maximum absolute atomic E-state index is 11.8. The third-order valence-electron chi connectivity index (χ3n) is 3.90. The number of benzene rings is 1. The summed E-state index contributed by atoms with van der Waals surface area (Å²) in [7, 11) is 3.23. The van der Waals surface area contributed by atoms with Crippen molar-refractivity contribution in [2.24, 2.45) is 5.92 Å². The molecule has 0 saturated heterocycles. The molecule has 0 aliphatic heterocycles. The van der Waals surface area contributed by atoms with Crippen LogP contribution in [0.3, 0.4) is 0 Å². The van der Waals surface area contributed by atoms with Crippen LogP contribution >= 0.6 is 0 Å². The van der Waals surface area contributed by atoms with E-state index in [1.54, 1.807) is 14.2 Å². The molecule has 1 aliphatic carbocycles. The van der Waals surface area contributed by atoms with Crippen LogP contribution in [-0.2, 0) is 11.2 Å². The Morgan fingerprint density at radius 2 is 2.00 bits per heavy atom. The normalized spacial score (nSPS) is 14.5. The zero-order chi connectivity index (χ0) is 14.4. The van der Waals surface area contributed by atoms with Crippen LogP contribution in [0.2, 0.25) is 0 Å². The Morgan fingerprint density at radius 1 is 1.25 bits per heavy atom. The van der Waals surface area contributed by atoms with Gasteiger partial charge in [0.1, 0.15) is 0 Å². The number of hydrogen-bond acceptors (Lipinski definition) is 3. The van der Waals surface area contributed by atoms with Gasteiger partial charge in [-0.3, -0.25) is 4.79 Å². The maximum Gasteiger partial charge on any atom is 0.220 e. The van der Waals surface area contributed by atoms with Crippen molar-refractivity contribution < 1.29 is 14.3 Å². The first-order chi connectivity index (χ1) is 9.72. The minimum atomic E-state index is 0.131. The van der Waals surface area contributed by atoms with Gasteiger partial charge in [-0.05, 0) is 42.9 Å². The van der Waals surface area contributed by atoms with E-state index in [-0.39, 0.29) is 5.91 Å². The van der Waals surface area contributed by atoms with Crippen LogP contribution in [0.15, 0.2) is 18.2 Å². The fraction of sp³-hybridized carbons (Fsp3) is 0.562. The molecule has 4 heteroatoms. The lowest BCUT2D eigenvalue weighted by atomic mass is 9.85. The van der Waals surface area contributed by atoms with Gasteiger partial charge in [-0.2, -0.15) is 0 Å². The lowest BCUT2D eigenvalue weighted by molar-refractivity contribution is -0.121. The number of methoxy groups -OCH3 is 2. The number of hydrogen-bond donors (Lipinski definition) is 1. The largest absolute Gasteiger partial charge is 0.493 e. The van der Waals surface area contributed by atoms with Crippen molar-refractivity contribution >= 4 is 5.91 Å². The molecule has 0 heterocycles. The van der Waals surface area contributed by atoms with Crippen molar-refractivity contribution in [2.75, 3.05) is 20.8 Å². The van der Waals surface area contributed by atoms with Gasteiger partial charge in [0.15, 0.2) is 11.5 Å². The van der Waals surface area contributed by atoms with Crippen LogP contribution in [-0.4, -0.2) is 26.7 Å². The maximum atomic E-state index is 11.8. The molecule has 0 unspecified atom stereocenters. The van der Waals surface area contributed by atoms with E-state index < -0.39 is 0 Å². The number of ether oxygens (including phenoxy) is 2. The number of nitrogens with one attached hydrogen (secondary N) is 1. The molecule has 2 rings (SSSR count). The topological polar surface area (TPSA) is 47.6 Å². The van der Waals surface area contributed by atoms with Crippen molar-refractivity contribution in [3.05, 3.63) is 23.8 Å². The molecule has 0 spiro atoms. The second kappa shape index (κ2) is 7.17. The second-order valence-electron chi connectivity index (χ2n) is 5.29. The summed E-state index contributed by atoms with van der Waals surface area (Å²) in [5.74, 6) is 2.26. The molecule has 1 aliphatic rings. The zero-order valence-electron chi connectivity index (χ0n) is 12.3. The van der Waals surface area contributed by atoms with E-state index in [0.29, 0.717) is 23.8 Å². The number of amides is 1. The summed E-state index contributed by atoms with van der Waals surface area (Å²) in [4.78, 5) is 11.8. The fourth-order valence-corrected chi connectivity index (χ4v) is 2.34. The van der Waals surface area contributed by atoms with Crippen LogP contribution in [0.5, 0.6) is 11.5 Å².